The Morgan fingerprint density at radius 1 is 1.28 bits per heavy atom. The van der Waals surface area contributed by atoms with Crippen LogP contribution in [0.3, 0.4) is 0 Å². The van der Waals surface area contributed by atoms with Crippen molar-refractivity contribution in [2.45, 2.75) is 31.6 Å². The Morgan fingerprint density at radius 2 is 2.08 bits per heavy atom. The molecule has 2 unspecified atom stereocenters. The third-order valence-corrected chi connectivity index (χ3v) is 4.88. The summed E-state index contributed by atoms with van der Waals surface area (Å²) < 4.78 is 25.1. The molecular weight excluding hydrogens is 321 g/mol. The first-order chi connectivity index (χ1) is 12.2. The molecule has 5 heteroatoms. The Hall–Kier alpha value is -2.43. The zero-order valence-electron chi connectivity index (χ0n) is 14.3. The zero-order chi connectivity index (χ0) is 17.6. The van der Waals surface area contributed by atoms with E-state index in [9.17, 15) is 9.18 Å². The number of methoxy groups -OCH3 is 1. The Kier molecular flexibility index (Phi) is 5.64. The highest BCUT2D eigenvalue weighted by Gasteiger charge is 2.29. The lowest BCUT2D eigenvalue weighted by Crippen LogP contribution is -2.25. The van der Waals surface area contributed by atoms with Crippen molar-refractivity contribution >= 4 is 6.29 Å². The van der Waals surface area contributed by atoms with Gasteiger partial charge in [-0.2, -0.15) is 0 Å². The van der Waals surface area contributed by atoms with Gasteiger partial charge in [0.1, 0.15) is 11.6 Å². The van der Waals surface area contributed by atoms with Crippen molar-refractivity contribution < 1.29 is 18.7 Å². The maximum atomic E-state index is 14.2. The van der Waals surface area contributed by atoms with E-state index in [1.807, 2.05) is 12.1 Å². The molecule has 4 nitrogen and oxygen atoms in total. The molecule has 25 heavy (non-hydrogen) atoms. The lowest BCUT2D eigenvalue weighted by molar-refractivity contribution is 0.111. The van der Waals surface area contributed by atoms with E-state index in [0.717, 1.165) is 37.5 Å². The summed E-state index contributed by atoms with van der Waals surface area (Å²) >= 11 is 0. The van der Waals surface area contributed by atoms with Gasteiger partial charge in [0.25, 0.3) is 0 Å². The van der Waals surface area contributed by atoms with E-state index in [1.165, 1.54) is 19.4 Å². The van der Waals surface area contributed by atoms with Crippen LogP contribution < -0.4 is 9.47 Å². The molecule has 2 atom stereocenters. The minimum atomic E-state index is -0.154. The standard InChI is InChI=1S/C20H22FNO3/c1-24-20-10-15(12-23)19(11-22-20)25-13-14-6-2-3-7-16(14)17-8-4-5-9-18(17)21/h4-5,8-12,14,16H,2-3,6-7,13H2,1H3. The van der Waals surface area contributed by atoms with Crippen LogP contribution in [0.25, 0.3) is 0 Å². The first kappa shape index (κ1) is 17.4. The molecule has 1 saturated carbocycles. The van der Waals surface area contributed by atoms with Gasteiger partial charge < -0.3 is 9.47 Å². The van der Waals surface area contributed by atoms with Gasteiger partial charge in [-0.15, -0.1) is 0 Å². The van der Waals surface area contributed by atoms with Gasteiger partial charge in [-0.1, -0.05) is 31.0 Å². The number of benzene rings is 1. The molecule has 0 amide bonds. The van der Waals surface area contributed by atoms with Gasteiger partial charge in [0.15, 0.2) is 6.29 Å². The number of hydrogen-bond donors (Lipinski definition) is 0. The van der Waals surface area contributed by atoms with Gasteiger partial charge in [0, 0.05) is 6.07 Å². The van der Waals surface area contributed by atoms with Gasteiger partial charge >= 0.3 is 0 Å². The predicted octanol–water partition coefficient (Wildman–Crippen LogP) is 4.39. The zero-order valence-corrected chi connectivity index (χ0v) is 14.3. The summed E-state index contributed by atoms with van der Waals surface area (Å²) in [6.07, 6.45) is 6.38. The molecule has 2 aromatic rings. The molecule has 0 bridgehead atoms. The fraction of sp³-hybridized carbons (Fsp3) is 0.400. The SMILES string of the molecule is COc1cc(C=O)c(OCC2CCCCC2c2ccccc2F)cn1. The summed E-state index contributed by atoms with van der Waals surface area (Å²) in [5, 5.41) is 0. The van der Waals surface area contributed by atoms with Crippen molar-refractivity contribution in [3.05, 3.63) is 53.5 Å². The number of halogens is 1. The summed E-state index contributed by atoms with van der Waals surface area (Å²) in [7, 11) is 1.50. The van der Waals surface area contributed by atoms with Crippen LogP contribution in [0.4, 0.5) is 4.39 Å². The van der Waals surface area contributed by atoms with Gasteiger partial charge in [0.2, 0.25) is 5.88 Å². The second-order valence-electron chi connectivity index (χ2n) is 6.37. The molecule has 0 N–H and O–H groups in total. The van der Waals surface area contributed by atoms with Crippen LogP contribution in [0.5, 0.6) is 11.6 Å². The highest BCUT2D eigenvalue weighted by atomic mass is 19.1. The average molecular weight is 343 g/mol. The molecule has 1 aliphatic carbocycles. The van der Waals surface area contributed by atoms with Crippen LogP contribution in [0, 0.1) is 11.7 Å². The van der Waals surface area contributed by atoms with Gasteiger partial charge in [-0.25, -0.2) is 9.37 Å². The second-order valence-corrected chi connectivity index (χ2v) is 6.37. The van der Waals surface area contributed by atoms with Gasteiger partial charge in [-0.05, 0) is 36.3 Å². The third kappa shape index (κ3) is 3.98. The first-order valence-electron chi connectivity index (χ1n) is 8.59. The first-order valence-corrected chi connectivity index (χ1v) is 8.59. The summed E-state index contributed by atoms with van der Waals surface area (Å²) in [4.78, 5) is 15.4. The van der Waals surface area contributed by atoms with E-state index in [1.54, 1.807) is 12.1 Å². The summed E-state index contributed by atoms with van der Waals surface area (Å²) in [5.74, 6) is 1.01. The number of carbonyl (C=O) groups excluding carboxylic acids is 1. The van der Waals surface area contributed by atoms with Crippen LogP contribution in [-0.4, -0.2) is 25.0 Å². The van der Waals surface area contributed by atoms with Crippen molar-refractivity contribution in [3.63, 3.8) is 0 Å². The molecule has 1 aromatic heterocycles. The van der Waals surface area contributed by atoms with Gasteiger partial charge in [0.05, 0.1) is 25.5 Å². The second kappa shape index (κ2) is 8.10. The van der Waals surface area contributed by atoms with Crippen molar-refractivity contribution in [2.24, 2.45) is 5.92 Å². The largest absolute Gasteiger partial charge is 0.491 e. The highest BCUT2D eigenvalue weighted by Crippen LogP contribution is 2.39. The van der Waals surface area contributed by atoms with E-state index < -0.39 is 0 Å². The number of aldehydes is 1. The monoisotopic (exact) mass is 343 g/mol. The Balaban J connectivity index is 1.75. The summed E-state index contributed by atoms with van der Waals surface area (Å²) in [6.45, 7) is 0.438. The fourth-order valence-corrected chi connectivity index (χ4v) is 3.55. The van der Waals surface area contributed by atoms with Crippen LogP contribution in [0.15, 0.2) is 36.5 Å². The predicted molar refractivity (Wildman–Crippen MR) is 92.8 cm³/mol. The van der Waals surface area contributed by atoms with Crippen molar-refractivity contribution in [2.75, 3.05) is 13.7 Å². The third-order valence-electron chi connectivity index (χ3n) is 4.88. The highest BCUT2D eigenvalue weighted by molar-refractivity contribution is 5.79. The maximum absolute atomic E-state index is 14.2. The van der Waals surface area contributed by atoms with Crippen LogP contribution in [0.2, 0.25) is 0 Å². The molecule has 1 heterocycles. The maximum Gasteiger partial charge on any atom is 0.213 e. The summed E-state index contributed by atoms with van der Waals surface area (Å²) in [5.41, 5.74) is 1.17. The lowest BCUT2D eigenvalue weighted by atomic mass is 9.75. The van der Waals surface area contributed by atoms with Crippen LogP contribution >= 0.6 is 0 Å². The number of pyridine rings is 1. The number of carbonyl (C=O) groups is 1. The Bertz CT molecular complexity index is 735. The van der Waals surface area contributed by atoms with E-state index in [0.29, 0.717) is 23.8 Å². The molecule has 0 radical (unpaired) electrons. The van der Waals surface area contributed by atoms with Crippen molar-refractivity contribution in [1.82, 2.24) is 4.98 Å². The van der Waals surface area contributed by atoms with Crippen molar-refractivity contribution in [3.8, 4) is 11.6 Å². The van der Waals surface area contributed by atoms with Crippen LogP contribution in [0.1, 0.15) is 47.5 Å². The molecular formula is C20H22FNO3. The van der Waals surface area contributed by atoms with Gasteiger partial charge in [-0.3, -0.25) is 4.79 Å². The summed E-state index contributed by atoms with van der Waals surface area (Å²) in [6, 6.07) is 8.52. The van der Waals surface area contributed by atoms with E-state index in [-0.39, 0.29) is 17.7 Å². The van der Waals surface area contributed by atoms with Crippen molar-refractivity contribution in [1.29, 1.82) is 0 Å². The Labute approximate surface area is 147 Å². The molecule has 0 aliphatic heterocycles. The average Bonchev–Trinajstić information content (AvgIpc) is 2.67. The molecule has 132 valence electrons. The molecule has 3 rings (SSSR count). The minimum Gasteiger partial charge on any atom is -0.491 e. The number of hydrogen-bond acceptors (Lipinski definition) is 4. The smallest absolute Gasteiger partial charge is 0.213 e. The van der Waals surface area contributed by atoms with E-state index in [4.69, 9.17) is 9.47 Å². The topological polar surface area (TPSA) is 48.4 Å². The molecule has 0 saturated heterocycles. The Morgan fingerprint density at radius 3 is 2.84 bits per heavy atom. The lowest BCUT2D eigenvalue weighted by Gasteiger charge is -2.32. The number of ether oxygens (including phenoxy) is 2. The fourth-order valence-electron chi connectivity index (χ4n) is 3.55. The molecule has 1 fully saturated rings. The van der Waals surface area contributed by atoms with Crippen LogP contribution in [-0.2, 0) is 0 Å². The normalized spacial score (nSPS) is 20.1. The molecule has 0 spiro atoms. The number of aromatic nitrogens is 1. The molecule has 1 aliphatic rings. The molecule has 1 aromatic carbocycles. The minimum absolute atomic E-state index is 0.140. The quantitative estimate of drug-likeness (QED) is 0.730. The number of nitrogens with zero attached hydrogens (tertiary/aromatic N) is 1. The van der Waals surface area contributed by atoms with E-state index >= 15 is 0 Å². The van der Waals surface area contributed by atoms with E-state index in [2.05, 4.69) is 4.98 Å². The number of rotatable bonds is 6.